The first-order valence-corrected chi connectivity index (χ1v) is 7.96. The standard InChI is InChI=1S/C16H14BrClN4/c17-13-7-11(3-6-14(13)18)9-16-20-15(21-22-16)8-10-1-4-12(19)5-2-10/h1-7H,8-9,19H2,(H,20,21,22). The quantitative estimate of drug-likeness (QED) is 0.676. The molecule has 22 heavy (non-hydrogen) atoms. The van der Waals surface area contributed by atoms with E-state index in [1.165, 1.54) is 0 Å². The molecule has 0 radical (unpaired) electrons. The van der Waals surface area contributed by atoms with Crippen LogP contribution in [0.1, 0.15) is 22.8 Å². The summed E-state index contributed by atoms with van der Waals surface area (Å²) in [6.07, 6.45) is 1.37. The third-order valence-electron chi connectivity index (χ3n) is 3.28. The number of H-pyrrole nitrogens is 1. The number of nitrogen functional groups attached to an aromatic ring is 1. The molecule has 0 amide bonds. The van der Waals surface area contributed by atoms with Crippen LogP contribution in [0.25, 0.3) is 0 Å². The van der Waals surface area contributed by atoms with Crippen molar-refractivity contribution >= 4 is 33.2 Å². The number of nitrogens with one attached hydrogen (secondary N) is 1. The summed E-state index contributed by atoms with van der Waals surface area (Å²) in [4.78, 5) is 4.53. The largest absolute Gasteiger partial charge is 0.399 e. The highest BCUT2D eigenvalue weighted by Gasteiger charge is 2.07. The molecule has 0 saturated carbocycles. The fourth-order valence-corrected chi connectivity index (χ4v) is 2.70. The van der Waals surface area contributed by atoms with E-state index >= 15 is 0 Å². The number of rotatable bonds is 4. The van der Waals surface area contributed by atoms with Gasteiger partial charge >= 0.3 is 0 Å². The zero-order valence-electron chi connectivity index (χ0n) is 11.7. The average molecular weight is 378 g/mol. The van der Waals surface area contributed by atoms with E-state index < -0.39 is 0 Å². The van der Waals surface area contributed by atoms with Crippen LogP contribution in [0.3, 0.4) is 0 Å². The second kappa shape index (κ2) is 6.50. The molecule has 0 aliphatic heterocycles. The third-order valence-corrected chi connectivity index (χ3v) is 4.49. The lowest BCUT2D eigenvalue weighted by Crippen LogP contribution is -1.93. The number of aromatic amines is 1. The Morgan fingerprint density at radius 2 is 1.77 bits per heavy atom. The highest BCUT2D eigenvalue weighted by Crippen LogP contribution is 2.24. The molecular formula is C16H14BrClN4. The molecule has 0 spiro atoms. The fourth-order valence-electron chi connectivity index (χ4n) is 2.15. The second-order valence-corrected chi connectivity index (χ2v) is 6.30. The Bertz CT molecular complexity index is 783. The highest BCUT2D eigenvalue weighted by atomic mass is 79.9. The molecule has 1 heterocycles. The van der Waals surface area contributed by atoms with Gasteiger partial charge in [0.05, 0.1) is 5.02 Å². The number of hydrogen-bond acceptors (Lipinski definition) is 3. The molecule has 0 unspecified atom stereocenters. The summed E-state index contributed by atoms with van der Waals surface area (Å²) >= 11 is 9.42. The number of nitrogens with zero attached hydrogens (tertiary/aromatic N) is 2. The van der Waals surface area contributed by atoms with Crippen LogP contribution in [0.15, 0.2) is 46.9 Å². The first-order valence-electron chi connectivity index (χ1n) is 6.78. The zero-order chi connectivity index (χ0) is 15.5. The maximum absolute atomic E-state index is 6.00. The Hall–Kier alpha value is -1.85. The summed E-state index contributed by atoms with van der Waals surface area (Å²) in [7, 11) is 0. The minimum atomic E-state index is 0.682. The van der Waals surface area contributed by atoms with Gasteiger partial charge < -0.3 is 5.73 Å². The highest BCUT2D eigenvalue weighted by molar-refractivity contribution is 9.10. The van der Waals surface area contributed by atoms with Gasteiger partial charge in [-0.05, 0) is 51.3 Å². The summed E-state index contributed by atoms with van der Waals surface area (Å²) in [6.45, 7) is 0. The molecule has 3 rings (SSSR count). The molecule has 0 bridgehead atoms. The van der Waals surface area contributed by atoms with Crippen molar-refractivity contribution in [3.8, 4) is 0 Å². The molecule has 0 atom stereocenters. The van der Waals surface area contributed by atoms with Crippen LogP contribution in [-0.4, -0.2) is 15.2 Å². The summed E-state index contributed by atoms with van der Waals surface area (Å²) in [5.74, 6) is 1.60. The molecule has 0 aliphatic rings. The summed E-state index contributed by atoms with van der Waals surface area (Å²) in [5.41, 5.74) is 8.69. The van der Waals surface area contributed by atoms with Crippen LogP contribution >= 0.6 is 27.5 Å². The van der Waals surface area contributed by atoms with Gasteiger partial charge in [0.1, 0.15) is 5.82 Å². The topological polar surface area (TPSA) is 67.6 Å². The lowest BCUT2D eigenvalue weighted by molar-refractivity contribution is 0.958. The molecular weight excluding hydrogens is 364 g/mol. The molecule has 0 saturated heterocycles. The van der Waals surface area contributed by atoms with Crippen LogP contribution in [-0.2, 0) is 12.8 Å². The minimum absolute atomic E-state index is 0.682. The van der Waals surface area contributed by atoms with Gasteiger partial charge in [-0.3, -0.25) is 5.10 Å². The SMILES string of the molecule is Nc1ccc(Cc2n[nH]c(Cc3ccc(Cl)c(Br)c3)n2)cc1. The van der Waals surface area contributed by atoms with E-state index in [4.69, 9.17) is 17.3 Å². The first-order chi connectivity index (χ1) is 10.6. The number of benzene rings is 2. The van der Waals surface area contributed by atoms with Gasteiger partial charge in [0.15, 0.2) is 5.82 Å². The molecule has 3 aromatic rings. The summed E-state index contributed by atoms with van der Waals surface area (Å²) in [5, 5.41) is 7.95. The Morgan fingerprint density at radius 1 is 1.05 bits per heavy atom. The molecule has 3 N–H and O–H groups in total. The fraction of sp³-hybridized carbons (Fsp3) is 0.125. The maximum Gasteiger partial charge on any atom is 0.155 e. The Morgan fingerprint density at radius 3 is 2.50 bits per heavy atom. The first kappa shape index (κ1) is 15.1. The van der Waals surface area contributed by atoms with Crippen LogP contribution < -0.4 is 5.73 Å². The van der Waals surface area contributed by atoms with Gasteiger partial charge in [0, 0.05) is 23.0 Å². The predicted octanol–water partition coefficient (Wildman–Crippen LogP) is 3.98. The lowest BCUT2D eigenvalue weighted by atomic mass is 10.1. The minimum Gasteiger partial charge on any atom is -0.399 e. The maximum atomic E-state index is 6.00. The second-order valence-electron chi connectivity index (χ2n) is 5.04. The smallest absolute Gasteiger partial charge is 0.155 e. The van der Waals surface area contributed by atoms with Gasteiger partial charge in [-0.25, -0.2) is 4.98 Å². The van der Waals surface area contributed by atoms with Crippen molar-refractivity contribution in [3.05, 3.63) is 74.7 Å². The summed E-state index contributed by atoms with van der Waals surface area (Å²) in [6, 6.07) is 13.6. The number of nitrogens with two attached hydrogens (primary N) is 1. The van der Waals surface area contributed by atoms with Crippen molar-refractivity contribution < 1.29 is 0 Å². The van der Waals surface area contributed by atoms with E-state index in [0.717, 1.165) is 32.9 Å². The Kier molecular flexibility index (Phi) is 4.45. The monoisotopic (exact) mass is 376 g/mol. The van der Waals surface area contributed by atoms with E-state index in [9.17, 15) is 0 Å². The molecule has 6 heteroatoms. The van der Waals surface area contributed by atoms with Crippen molar-refractivity contribution in [2.24, 2.45) is 0 Å². The van der Waals surface area contributed by atoms with Crippen molar-refractivity contribution in [3.63, 3.8) is 0 Å². The summed E-state index contributed by atoms with van der Waals surface area (Å²) < 4.78 is 0.883. The zero-order valence-corrected chi connectivity index (χ0v) is 14.0. The van der Waals surface area contributed by atoms with E-state index in [1.807, 2.05) is 42.5 Å². The Labute approximate surface area is 141 Å². The van der Waals surface area contributed by atoms with E-state index in [1.54, 1.807) is 0 Å². The van der Waals surface area contributed by atoms with Gasteiger partial charge in [0.25, 0.3) is 0 Å². The number of hydrogen-bond donors (Lipinski definition) is 2. The van der Waals surface area contributed by atoms with Gasteiger partial charge in [-0.1, -0.05) is 29.8 Å². The molecule has 1 aromatic heterocycles. The van der Waals surface area contributed by atoms with E-state index in [2.05, 4.69) is 31.1 Å². The van der Waals surface area contributed by atoms with Crippen LogP contribution in [0.2, 0.25) is 5.02 Å². The van der Waals surface area contributed by atoms with Crippen LogP contribution in [0.4, 0.5) is 5.69 Å². The lowest BCUT2D eigenvalue weighted by Gasteiger charge is -2.01. The van der Waals surface area contributed by atoms with Crippen LogP contribution in [0.5, 0.6) is 0 Å². The molecule has 2 aromatic carbocycles. The van der Waals surface area contributed by atoms with Gasteiger partial charge in [-0.15, -0.1) is 0 Å². The molecule has 0 fully saturated rings. The number of aromatic nitrogens is 3. The molecule has 4 nitrogen and oxygen atoms in total. The Balaban J connectivity index is 1.70. The van der Waals surface area contributed by atoms with E-state index in [-0.39, 0.29) is 0 Å². The van der Waals surface area contributed by atoms with Gasteiger partial charge in [-0.2, -0.15) is 5.10 Å². The van der Waals surface area contributed by atoms with Crippen molar-refractivity contribution in [2.45, 2.75) is 12.8 Å². The van der Waals surface area contributed by atoms with Crippen molar-refractivity contribution in [2.75, 3.05) is 5.73 Å². The van der Waals surface area contributed by atoms with Crippen LogP contribution in [0, 0.1) is 0 Å². The number of halogens is 2. The van der Waals surface area contributed by atoms with Crippen molar-refractivity contribution in [1.29, 1.82) is 0 Å². The number of anilines is 1. The molecule has 112 valence electrons. The van der Waals surface area contributed by atoms with Gasteiger partial charge in [0.2, 0.25) is 0 Å². The van der Waals surface area contributed by atoms with E-state index in [0.29, 0.717) is 17.9 Å². The molecule has 0 aliphatic carbocycles. The predicted molar refractivity (Wildman–Crippen MR) is 92.0 cm³/mol. The average Bonchev–Trinajstić information content (AvgIpc) is 2.93. The third kappa shape index (κ3) is 3.67. The normalized spacial score (nSPS) is 10.8. The van der Waals surface area contributed by atoms with Crippen molar-refractivity contribution in [1.82, 2.24) is 15.2 Å².